The van der Waals surface area contributed by atoms with Crippen LogP contribution in [-0.4, -0.2) is 34.9 Å². The number of methoxy groups -OCH3 is 1. The highest BCUT2D eigenvalue weighted by atomic mass is 32.2. The van der Waals surface area contributed by atoms with Crippen LogP contribution >= 0.6 is 11.8 Å². The molecule has 0 saturated heterocycles. The van der Waals surface area contributed by atoms with Crippen molar-refractivity contribution in [1.82, 2.24) is 9.97 Å². The minimum absolute atomic E-state index is 0.233. The predicted octanol–water partition coefficient (Wildman–Crippen LogP) is 3.84. The lowest BCUT2D eigenvalue weighted by Crippen LogP contribution is -2.23. The number of rotatable bonds is 7. The third-order valence-corrected chi connectivity index (χ3v) is 4.81. The number of fused-ring (bicyclic) bond motifs is 1. The van der Waals surface area contributed by atoms with Gasteiger partial charge in [-0.05, 0) is 43.2 Å². The molecule has 0 saturated carbocycles. The Morgan fingerprint density at radius 1 is 1.20 bits per heavy atom. The highest BCUT2D eigenvalue weighted by Crippen LogP contribution is 2.27. The standard InChI is InChI=1S/C19H20N2O3S/c1-3-24-18(22)17(12-13-8-10-14(23-2)11-9-13)25-19-20-15-6-4-5-7-16(15)21-19/h4-11,17H,3,12H2,1-2H3,(H,20,21)/t17-/m1/s1. The van der Waals surface area contributed by atoms with Crippen LogP contribution in [0, 0.1) is 0 Å². The van der Waals surface area contributed by atoms with E-state index < -0.39 is 0 Å². The van der Waals surface area contributed by atoms with E-state index in [1.54, 1.807) is 7.11 Å². The molecule has 0 radical (unpaired) electrons. The summed E-state index contributed by atoms with van der Waals surface area (Å²) in [7, 11) is 1.63. The Bertz CT molecular complexity index is 812. The topological polar surface area (TPSA) is 64.2 Å². The van der Waals surface area contributed by atoms with Crippen LogP contribution in [0.25, 0.3) is 11.0 Å². The van der Waals surface area contributed by atoms with Crippen LogP contribution in [0.1, 0.15) is 12.5 Å². The molecule has 0 bridgehead atoms. The van der Waals surface area contributed by atoms with Crippen molar-refractivity contribution >= 4 is 28.8 Å². The lowest BCUT2D eigenvalue weighted by Gasteiger charge is -2.14. The number of benzene rings is 2. The first kappa shape index (κ1) is 17.4. The fourth-order valence-corrected chi connectivity index (χ4v) is 3.53. The van der Waals surface area contributed by atoms with E-state index in [1.807, 2.05) is 55.5 Å². The minimum atomic E-state index is -0.367. The Kier molecular flexibility index (Phi) is 5.60. The molecule has 3 aromatic rings. The number of esters is 1. The molecule has 25 heavy (non-hydrogen) atoms. The van der Waals surface area contributed by atoms with Gasteiger partial charge in [-0.15, -0.1) is 0 Å². The Balaban J connectivity index is 1.79. The minimum Gasteiger partial charge on any atom is -0.497 e. The van der Waals surface area contributed by atoms with Crippen molar-refractivity contribution in [3.05, 3.63) is 54.1 Å². The van der Waals surface area contributed by atoms with Gasteiger partial charge in [0.2, 0.25) is 0 Å². The number of ether oxygens (including phenoxy) is 2. The number of aromatic amines is 1. The van der Waals surface area contributed by atoms with E-state index >= 15 is 0 Å². The molecule has 3 rings (SSSR count). The van der Waals surface area contributed by atoms with Crippen molar-refractivity contribution in [2.75, 3.05) is 13.7 Å². The van der Waals surface area contributed by atoms with Crippen LogP contribution in [0.2, 0.25) is 0 Å². The molecule has 0 fully saturated rings. The third-order valence-electron chi connectivity index (χ3n) is 3.75. The molecule has 2 aromatic carbocycles. The molecular formula is C19H20N2O3S. The SMILES string of the molecule is CCOC(=O)[C@@H](Cc1ccc(OC)cc1)Sc1nc2ccccc2[nH]1. The zero-order valence-corrected chi connectivity index (χ0v) is 15.0. The van der Waals surface area contributed by atoms with Gasteiger partial charge >= 0.3 is 5.97 Å². The van der Waals surface area contributed by atoms with E-state index in [0.717, 1.165) is 22.3 Å². The normalized spacial score (nSPS) is 12.1. The Labute approximate surface area is 150 Å². The average molecular weight is 356 g/mol. The molecule has 1 N–H and O–H groups in total. The van der Waals surface area contributed by atoms with Gasteiger partial charge in [-0.2, -0.15) is 0 Å². The monoisotopic (exact) mass is 356 g/mol. The van der Waals surface area contributed by atoms with Gasteiger partial charge in [0.15, 0.2) is 5.16 Å². The smallest absolute Gasteiger partial charge is 0.319 e. The summed E-state index contributed by atoms with van der Waals surface area (Å²) in [5, 5.41) is 0.349. The van der Waals surface area contributed by atoms with Crippen LogP contribution in [0.5, 0.6) is 5.75 Å². The van der Waals surface area contributed by atoms with Crippen molar-refractivity contribution in [2.24, 2.45) is 0 Å². The summed E-state index contributed by atoms with van der Waals surface area (Å²) in [4.78, 5) is 20.2. The lowest BCUT2D eigenvalue weighted by atomic mass is 10.1. The number of nitrogens with zero attached hydrogens (tertiary/aromatic N) is 1. The lowest BCUT2D eigenvalue weighted by molar-refractivity contribution is -0.142. The van der Waals surface area contributed by atoms with Crippen LogP contribution in [0.15, 0.2) is 53.7 Å². The molecule has 0 aliphatic rings. The number of nitrogens with one attached hydrogen (secondary N) is 1. The fourth-order valence-electron chi connectivity index (χ4n) is 2.50. The quantitative estimate of drug-likeness (QED) is 0.515. The molecule has 0 spiro atoms. The number of aromatic nitrogens is 2. The number of carbonyl (C=O) groups excluding carboxylic acids is 1. The van der Waals surface area contributed by atoms with E-state index in [-0.39, 0.29) is 11.2 Å². The first-order valence-electron chi connectivity index (χ1n) is 8.10. The maximum atomic E-state index is 12.4. The summed E-state index contributed by atoms with van der Waals surface area (Å²) in [6, 6.07) is 15.5. The van der Waals surface area contributed by atoms with E-state index in [2.05, 4.69) is 9.97 Å². The molecule has 1 aromatic heterocycles. The number of carbonyl (C=O) groups is 1. The van der Waals surface area contributed by atoms with Gasteiger partial charge in [0.1, 0.15) is 11.0 Å². The van der Waals surface area contributed by atoms with E-state index in [4.69, 9.17) is 9.47 Å². The summed E-state index contributed by atoms with van der Waals surface area (Å²) in [5.41, 5.74) is 2.89. The number of thioether (sulfide) groups is 1. The van der Waals surface area contributed by atoms with Gasteiger partial charge in [-0.3, -0.25) is 4.79 Å². The second-order valence-electron chi connectivity index (χ2n) is 5.47. The number of H-pyrrole nitrogens is 1. The molecular weight excluding hydrogens is 336 g/mol. The van der Waals surface area contributed by atoms with Crippen LogP contribution < -0.4 is 4.74 Å². The summed E-state index contributed by atoms with van der Waals surface area (Å²) in [6.45, 7) is 2.17. The van der Waals surface area contributed by atoms with Gasteiger partial charge in [0.25, 0.3) is 0 Å². The first-order chi connectivity index (χ1) is 12.2. The highest BCUT2D eigenvalue weighted by molar-refractivity contribution is 8.00. The Morgan fingerprint density at radius 3 is 2.64 bits per heavy atom. The van der Waals surface area contributed by atoms with Crippen LogP contribution in [-0.2, 0) is 16.0 Å². The molecule has 0 amide bonds. The van der Waals surface area contributed by atoms with E-state index in [9.17, 15) is 4.79 Å². The predicted molar refractivity (Wildman–Crippen MR) is 99.1 cm³/mol. The number of imidazole rings is 1. The zero-order valence-electron chi connectivity index (χ0n) is 14.2. The van der Waals surface area contributed by atoms with Gasteiger partial charge in [-0.25, -0.2) is 4.98 Å². The summed E-state index contributed by atoms with van der Waals surface area (Å²) in [6.07, 6.45) is 0.560. The molecule has 130 valence electrons. The largest absolute Gasteiger partial charge is 0.497 e. The maximum Gasteiger partial charge on any atom is 0.319 e. The molecule has 6 heteroatoms. The zero-order chi connectivity index (χ0) is 17.6. The van der Waals surface area contributed by atoms with Gasteiger partial charge < -0.3 is 14.5 Å². The molecule has 0 aliphatic carbocycles. The number of hydrogen-bond acceptors (Lipinski definition) is 5. The second-order valence-corrected chi connectivity index (χ2v) is 6.66. The number of hydrogen-bond donors (Lipinski definition) is 1. The van der Waals surface area contributed by atoms with Crippen molar-refractivity contribution in [1.29, 1.82) is 0 Å². The molecule has 0 aliphatic heterocycles. The highest BCUT2D eigenvalue weighted by Gasteiger charge is 2.23. The van der Waals surface area contributed by atoms with E-state index in [1.165, 1.54) is 11.8 Å². The molecule has 0 unspecified atom stereocenters. The van der Waals surface area contributed by atoms with Crippen molar-refractivity contribution in [3.8, 4) is 5.75 Å². The fraction of sp³-hybridized carbons (Fsp3) is 0.263. The summed E-state index contributed by atoms with van der Waals surface area (Å²) < 4.78 is 10.4. The number of para-hydroxylation sites is 2. The Hall–Kier alpha value is -2.47. The Morgan fingerprint density at radius 2 is 1.96 bits per heavy atom. The van der Waals surface area contributed by atoms with Crippen molar-refractivity contribution < 1.29 is 14.3 Å². The van der Waals surface area contributed by atoms with Gasteiger partial charge in [0.05, 0.1) is 24.8 Å². The molecule has 5 nitrogen and oxygen atoms in total. The van der Waals surface area contributed by atoms with Crippen molar-refractivity contribution in [2.45, 2.75) is 23.8 Å². The average Bonchev–Trinajstić information content (AvgIpc) is 3.04. The van der Waals surface area contributed by atoms with Gasteiger partial charge in [-0.1, -0.05) is 36.0 Å². The van der Waals surface area contributed by atoms with Crippen molar-refractivity contribution in [3.63, 3.8) is 0 Å². The van der Waals surface area contributed by atoms with Gasteiger partial charge in [0, 0.05) is 0 Å². The van der Waals surface area contributed by atoms with Crippen LogP contribution in [0.3, 0.4) is 0 Å². The molecule has 1 heterocycles. The maximum absolute atomic E-state index is 12.4. The second kappa shape index (κ2) is 8.07. The summed E-state index contributed by atoms with van der Waals surface area (Å²) in [5.74, 6) is 0.560. The van der Waals surface area contributed by atoms with Crippen LogP contribution in [0.4, 0.5) is 0 Å². The summed E-state index contributed by atoms with van der Waals surface area (Å²) >= 11 is 1.39. The first-order valence-corrected chi connectivity index (χ1v) is 8.98. The molecule has 1 atom stereocenters. The van der Waals surface area contributed by atoms with E-state index in [0.29, 0.717) is 18.2 Å². The third kappa shape index (κ3) is 4.33.